The molecule has 1 aliphatic rings. The summed E-state index contributed by atoms with van der Waals surface area (Å²) in [5.74, 6) is 2.09. The highest BCUT2D eigenvalue weighted by Crippen LogP contribution is 2.24. The smallest absolute Gasteiger partial charge is 0.309 e. The second-order valence-corrected chi connectivity index (χ2v) is 7.46. The third-order valence-electron chi connectivity index (χ3n) is 5.03. The van der Waals surface area contributed by atoms with Gasteiger partial charge in [-0.1, -0.05) is 23.7 Å². The lowest BCUT2D eigenvalue weighted by Gasteiger charge is -2.31. The summed E-state index contributed by atoms with van der Waals surface area (Å²) >= 11 is 5.85. The van der Waals surface area contributed by atoms with E-state index in [9.17, 15) is 4.79 Å². The first-order chi connectivity index (χ1) is 13.6. The lowest BCUT2D eigenvalue weighted by molar-refractivity contribution is -0.139. The van der Waals surface area contributed by atoms with E-state index in [0.717, 1.165) is 62.0 Å². The van der Waals surface area contributed by atoms with Crippen LogP contribution in [0.25, 0.3) is 0 Å². The number of aromatic nitrogens is 2. The number of piperidine rings is 1. The number of anilines is 1. The summed E-state index contributed by atoms with van der Waals surface area (Å²) in [6.07, 6.45) is 8.07. The van der Waals surface area contributed by atoms with Gasteiger partial charge in [0.2, 0.25) is 5.95 Å². The van der Waals surface area contributed by atoms with E-state index in [4.69, 9.17) is 16.3 Å². The minimum Gasteiger partial charge on any atom is -0.494 e. The van der Waals surface area contributed by atoms with Gasteiger partial charge in [0.25, 0.3) is 0 Å². The molecule has 0 bridgehead atoms. The van der Waals surface area contributed by atoms with Crippen molar-refractivity contribution in [1.29, 1.82) is 0 Å². The molecule has 6 nitrogen and oxygen atoms in total. The van der Waals surface area contributed by atoms with Gasteiger partial charge >= 0.3 is 5.97 Å². The van der Waals surface area contributed by atoms with Gasteiger partial charge in [-0.05, 0) is 49.3 Å². The molecule has 0 spiro atoms. The van der Waals surface area contributed by atoms with Crippen molar-refractivity contribution in [2.24, 2.45) is 5.92 Å². The fraction of sp³-hybridized carbons (Fsp3) is 0.476. The topological polar surface area (TPSA) is 64.6 Å². The molecule has 0 aliphatic carbocycles. The zero-order valence-corrected chi connectivity index (χ0v) is 16.9. The Morgan fingerprint density at radius 1 is 1.18 bits per heavy atom. The van der Waals surface area contributed by atoms with Gasteiger partial charge in [0.1, 0.15) is 5.75 Å². The number of benzene rings is 1. The lowest BCUT2D eigenvalue weighted by atomic mass is 9.92. The Bertz CT molecular complexity index is 744. The summed E-state index contributed by atoms with van der Waals surface area (Å²) in [6.45, 7) is 2.67. The van der Waals surface area contributed by atoms with Crippen molar-refractivity contribution in [1.82, 2.24) is 9.97 Å². The summed E-state index contributed by atoms with van der Waals surface area (Å²) in [7, 11) is 1.40. The first-order valence-corrected chi connectivity index (χ1v) is 10.0. The van der Waals surface area contributed by atoms with E-state index in [2.05, 4.69) is 19.6 Å². The van der Waals surface area contributed by atoms with Gasteiger partial charge in [0, 0.05) is 13.1 Å². The van der Waals surface area contributed by atoms with Crippen molar-refractivity contribution < 1.29 is 14.3 Å². The van der Waals surface area contributed by atoms with E-state index in [1.54, 1.807) is 12.4 Å². The first-order valence-electron chi connectivity index (χ1n) is 9.65. The summed E-state index contributed by atoms with van der Waals surface area (Å²) in [4.78, 5) is 22.1. The molecule has 0 saturated carbocycles. The largest absolute Gasteiger partial charge is 0.494 e. The maximum atomic E-state index is 11.3. The highest BCUT2D eigenvalue weighted by molar-refractivity contribution is 6.30. The second-order valence-electron chi connectivity index (χ2n) is 7.02. The number of carbonyl (C=O) groups excluding carboxylic acids is 1. The van der Waals surface area contributed by atoms with Crippen LogP contribution < -0.4 is 9.64 Å². The second kappa shape index (κ2) is 10.3. The van der Waals surface area contributed by atoms with Crippen LogP contribution in [0.15, 0.2) is 36.7 Å². The van der Waals surface area contributed by atoms with E-state index < -0.39 is 0 Å². The predicted octanol–water partition coefficient (Wildman–Crippen LogP) is 3.92. The lowest BCUT2D eigenvalue weighted by Crippen LogP contribution is -2.34. The van der Waals surface area contributed by atoms with Crippen LogP contribution in [-0.2, 0) is 16.0 Å². The van der Waals surface area contributed by atoms with Gasteiger partial charge in [0.15, 0.2) is 0 Å². The molecule has 0 unspecified atom stereocenters. The number of methoxy groups -OCH3 is 1. The number of ether oxygens (including phenoxy) is 2. The van der Waals surface area contributed by atoms with E-state index >= 15 is 0 Å². The van der Waals surface area contributed by atoms with Crippen molar-refractivity contribution in [3.05, 3.63) is 47.2 Å². The average molecular weight is 404 g/mol. The van der Waals surface area contributed by atoms with Crippen molar-refractivity contribution in [2.45, 2.75) is 32.1 Å². The third-order valence-corrected chi connectivity index (χ3v) is 5.22. The van der Waals surface area contributed by atoms with Gasteiger partial charge in [0.05, 0.1) is 37.6 Å². The normalized spacial score (nSPS) is 14.7. The maximum absolute atomic E-state index is 11.3. The highest BCUT2D eigenvalue weighted by atomic mass is 35.5. The Labute approximate surface area is 170 Å². The fourth-order valence-electron chi connectivity index (χ4n) is 3.39. The summed E-state index contributed by atoms with van der Waals surface area (Å²) in [6, 6.07) is 7.62. The molecule has 1 aromatic carbocycles. The van der Waals surface area contributed by atoms with Gasteiger partial charge in [-0.2, -0.15) is 0 Å². The molecule has 0 radical (unpaired) electrons. The molecule has 0 atom stereocenters. The minimum absolute atomic E-state index is 0.234. The van der Waals surface area contributed by atoms with Crippen LogP contribution in [0.3, 0.4) is 0 Å². The zero-order chi connectivity index (χ0) is 19.8. The van der Waals surface area contributed by atoms with Crippen molar-refractivity contribution in [3.8, 4) is 5.75 Å². The van der Waals surface area contributed by atoms with Gasteiger partial charge in [-0.15, -0.1) is 0 Å². The Balaban J connectivity index is 1.33. The number of rotatable bonds is 8. The van der Waals surface area contributed by atoms with Crippen LogP contribution in [0, 0.1) is 5.92 Å². The molecule has 3 rings (SSSR count). The monoisotopic (exact) mass is 403 g/mol. The zero-order valence-electron chi connectivity index (χ0n) is 16.1. The Morgan fingerprint density at radius 3 is 2.50 bits per heavy atom. The molecule has 7 heteroatoms. The molecule has 1 fully saturated rings. The predicted molar refractivity (Wildman–Crippen MR) is 109 cm³/mol. The average Bonchev–Trinajstić information content (AvgIpc) is 2.73. The van der Waals surface area contributed by atoms with Crippen molar-refractivity contribution in [2.75, 3.05) is 31.7 Å². The number of carbonyl (C=O) groups is 1. The number of hydrogen-bond donors (Lipinski definition) is 0. The Hall–Kier alpha value is -2.34. The third kappa shape index (κ3) is 6.09. The van der Waals surface area contributed by atoms with E-state index in [0.29, 0.717) is 11.6 Å². The van der Waals surface area contributed by atoms with Gasteiger partial charge < -0.3 is 14.4 Å². The number of halogens is 1. The molecule has 2 heterocycles. The van der Waals surface area contributed by atoms with Crippen LogP contribution in [0.4, 0.5) is 5.95 Å². The molecular formula is C21H26ClN3O3. The standard InChI is InChI=1S/C21H26ClN3O3/c1-27-20(26)13-17-4-6-19(7-5-17)28-12-2-3-16-8-10-25(11-9-16)21-23-14-18(22)15-24-21/h4-7,14-16H,2-3,8-13H2,1H3. The number of esters is 1. The molecule has 0 amide bonds. The Morgan fingerprint density at radius 2 is 1.86 bits per heavy atom. The summed E-state index contributed by atoms with van der Waals surface area (Å²) < 4.78 is 10.5. The number of hydrogen-bond acceptors (Lipinski definition) is 6. The van der Waals surface area contributed by atoms with E-state index in [1.165, 1.54) is 7.11 Å². The van der Waals surface area contributed by atoms with E-state index in [-0.39, 0.29) is 12.4 Å². The molecule has 2 aromatic rings. The van der Waals surface area contributed by atoms with E-state index in [1.807, 2.05) is 24.3 Å². The van der Waals surface area contributed by atoms with Gasteiger partial charge in [-0.25, -0.2) is 9.97 Å². The minimum atomic E-state index is -0.234. The number of nitrogens with zero attached hydrogens (tertiary/aromatic N) is 3. The van der Waals surface area contributed by atoms with Crippen LogP contribution in [-0.4, -0.2) is 42.7 Å². The summed E-state index contributed by atoms with van der Waals surface area (Å²) in [5, 5.41) is 0.566. The molecule has 0 N–H and O–H groups in total. The van der Waals surface area contributed by atoms with Crippen LogP contribution in [0.1, 0.15) is 31.2 Å². The molecule has 150 valence electrons. The van der Waals surface area contributed by atoms with Crippen molar-refractivity contribution >= 4 is 23.5 Å². The maximum Gasteiger partial charge on any atom is 0.309 e. The van der Waals surface area contributed by atoms with Crippen LogP contribution in [0.5, 0.6) is 5.75 Å². The quantitative estimate of drug-likeness (QED) is 0.491. The SMILES string of the molecule is COC(=O)Cc1ccc(OCCCC2CCN(c3ncc(Cl)cn3)CC2)cc1. The van der Waals surface area contributed by atoms with Gasteiger partial charge in [-0.3, -0.25) is 4.79 Å². The highest BCUT2D eigenvalue weighted by Gasteiger charge is 2.20. The molecular weight excluding hydrogens is 378 g/mol. The fourth-order valence-corrected chi connectivity index (χ4v) is 3.49. The van der Waals surface area contributed by atoms with Crippen LogP contribution in [0.2, 0.25) is 5.02 Å². The van der Waals surface area contributed by atoms with Crippen molar-refractivity contribution in [3.63, 3.8) is 0 Å². The molecule has 1 saturated heterocycles. The first kappa shape index (κ1) is 20.4. The molecule has 1 aliphatic heterocycles. The van der Waals surface area contributed by atoms with Crippen LogP contribution >= 0.6 is 11.6 Å². The molecule has 1 aromatic heterocycles. The summed E-state index contributed by atoms with van der Waals surface area (Å²) in [5.41, 5.74) is 0.927. The Kier molecular flexibility index (Phi) is 7.48. The molecule has 28 heavy (non-hydrogen) atoms.